The Kier molecular flexibility index (Phi) is 3.63. The molecule has 0 unspecified atom stereocenters. The molecule has 5 nitrogen and oxygen atoms in total. The van der Waals surface area contributed by atoms with Gasteiger partial charge in [-0.25, -0.2) is 0 Å². The van der Waals surface area contributed by atoms with Crippen LogP contribution in [-0.2, 0) is 4.74 Å². The maximum absolute atomic E-state index is 12.4. The summed E-state index contributed by atoms with van der Waals surface area (Å²) < 4.78 is 5.94. The third-order valence-corrected chi connectivity index (χ3v) is 4.25. The molecule has 0 radical (unpaired) electrons. The van der Waals surface area contributed by atoms with E-state index in [4.69, 9.17) is 10.5 Å². The van der Waals surface area contributed by atoms with E-state index in [1.54, 1.807) is 24.3 Å². The molecule has 20 heavy (non-hydrogen) atoms. The Balaban J connectivity index is 1.62. The van der Waals surface area contributed by atoms with Crippen molar-refractivity contribution in [3.63, 3.8) is 0 Å². The quantitative estimate of drug-likeness (QED) is 0.746. The summed E-state index contributed by atoms with van der Waals surface area (Å²) in [7, 11) is 0. The molecule has 0 aliphatic carbocycles. The number of ether oxygens (including phenoxy) is 1. The number of hydrogen-bond acceptors (Lipinski definition) is 4. The SMILES string of the molecule is Nc1ccc(C(=O)N2CCC3(CC2)CNCCO3)cc1. The highest BCUT2D eigenvalue weighted by molar-refractivity contribution is 5.94. The standard InChI is InChI=1S/C15H21N3O2/c16-13-3-1-12(2-4-13)14(19)18-8-5-15(6-9-18)11-17-7-10-20-15/h1-4,17H,5-11,16H2. The Morgan fingerprint density at radius 1 is 1.25 bits per heavy atom. The first kappa shape index (κ1) is 13.4. The smallest absolute Gasteiger partial charge is 0.253 e. The molecular formula is C15H21N3O2. The number of amides is 1. The lowest BCUT2D eigenvalue weighted by Crippen LogP contribution is -2.56. The maximum Gasteiger partial charge on any atom is 0.253 e. The lowest BCUT2D eigenvalue weighted by atomic mass is 9.89. The normalized spacial score (nSPS) is 21.9. The van der Waals surface area contributed by atoms with Crippen LogP contribution in [0.2, 0.25) is 0 Å². The van der Waals surface area contributed by atoms with Gasteiger partial charge in [-0.05, 0) is 37.1 Å². The lowest BCUT2D eigenvalue weighted by Gasteiger charge is -2.44. The van der Waals surface area contributed by atoms with Gasteiger partial charge in [0.15, 0.2) is 0 Å². The molecule has 1 amide bonds. The molecule has 108 valence electrons. The van der Waals surface area contributed by atoms with Crippen molar-refractivity contribution in [2.24, 2.45) is 0 Å². The molecule has 2 heterocycles. The number of likely N-dealkylation sites (tertiary alicyclic amines) is 1. The highest BCUT2D eigenvalue weighted by Crippen LogP contribution is 2.28. The van der Waals surface area contributed by atoms with Gasteiger partial charge in [0, 0.05) is 37.4 Å². The van der Waals surface area contributed by atoms with Gasteiger partial charge in [-0.15, -0.1) is 0 Å². The number of nitrogens with two attached hydrogens (primary N) is 1. The van der Waals surface area contributed by atoms with Crippen LogP contribution in [0.3, 0.4) is 0 Å². The number of nitrogen functional groups attached to an aromatic ring is 1. The second kappa shape index (κ2) is 5.42. The van der Waals surface area contributed by atoms with Crippen LogP contribution in [0.15, 0.2) is 24.3 Å². The molecule has 1 aromatic rings. The Labute approximate surface area is 119 Å². The molecule has 5 heteroatoms. The summed E-state index contributed by atoms with van der Waals surface area (Å²) in [6.45, 7) is 4.11. The minimum Gasteiger partial charge on any atom is -0.399 e. The van der Waals surface area contributed by atoms with Crippen LogP contribution in [0.4, 0.5) is 5.69 Å². The highest BCUT2D eigenvalue weighted by Gasteiger charge is 2.38. The number of piperidine rings is 1. The van der Waals surface area contributed by atoms with E-state index in [-0.39, 0.29) is 11.5 Å². The zero-order chi connectivity index (χ0) is 14.0. The Morgan fingerprint density at radius 3 is 2.55 bits per heavy atom. The van der Waals surface area contributed by atoms with Crippen molar-refractivity contribution in [2.75, 3.05) is 38.5 Å². The number of carbonyl (C=O) groups excluding carboxylic acids is 1. The van der Waals surface area contributed by atoms with Gasteiger partial charge in [-0.1, -0.05) is 0 Å². The van der Waals surface area contributed by atoms with E-state index in [1.807, 2.05) is 4.90 Å². The zero-order valence-electron chi connectivity index (χ0n) is 11.6. The first-order valence-corrected chi connectivity index (χ1v) is 7.18. The summed E-state index contributed by atoms with van der Waals surface area (Å²) >= 11 is 0. The number of anilines is 1. The topological polar surface area (TPSA) is 67.6 Å². The van der Waals surface area contributed by atoms with Gasteiger partial charge in [0.05, 0.1) is 12.2 Å². The van der Waals surface area contributed by atoms with Gasteiger partial charge in [-0.2, -0.15) is 0 Å². The van der Waals surface area contributed by atoms with Crippen LogP contribution in [0.25, 0.3) is 0 Å². The van der Waals surface area contributed by atoms with Gasteiger partial charge in [0.25, 0.3) is 5.91 Å². The predicted molar refractivity (Wildman–Crippen MR) is 77.5 cm³/mol. The number of carbonyl (C=O) groups is 1. The Bertz CT molecular complexity index is 470. The van der Waals surface area contributed by atoms with Gasteiger partial charge in [-0.3, -0.25) is 4.79 Å². The monoisotopic (exact) mass is 275 g/mol. The van der Waals surface area contributed by atoms with Crippen LogP contribution < -0.4 is 11.1 Å². The van der Waals surface area contributed by atoms with Gasteiger partial charge >= 0.3 is 0 Å². The fourth-order valence-corrected chi connectivity index (χ4v) is 2.95. The van der Waals surface area contributed by atoms with Crippen LogP contribution >= 0.6 is 0 Å². The molecule has 2 aliphatic rings. The molecular weight excluding hydrogens is 254 g/mol. The van der Waals surface area contributed by atoms with E-state index < -0.39 is 0 Å². The van der Waals surface area contributed by atoms with Crippen molar-refractivity contribution in [2.45, 2.75) is 18.4 Å². The molecule has 1 spiro atoms. The maximum atomic E-state index is 12.4. The van der Waals surface area contributed by atoms with Crippen LogP contribution in [0.1, 0.15) is 23.2 Å². The fourth-order valence-electron chi connectivity index (χ4n) is 2.95. The summed E-state index contributed by atoms with van der Waals surface area (Å²) in [4.78, 5) is 14.3. The van der Waals surface area contributed by atoms with Crippen LogP contribution in [0.5, 0.6) is 0 Å². The van der Waals surface area contributed by atoms with Crippen molar-refractivity contribution in [1.82, 2.24) is 10.2 Å². The summed E-state index contributed by atoms with van der Waals surface area (Å²) in [5.74, 6) is 0.0867. The fraction of sp³-hybridized carbons (Fsp3) is 0.533. The molecule has 2 fully saturated rings. The second-order valence-corrected chi connectivity index (χ2v) is 5.62. The molecule has 0 bridgehead atoms. The molecule has 0 saturated carbocycles. The minimum atomic E-state index is -0.0594. The highest BCUT2D eigenvalue weighted by atomic mass is 16.5. The van der Waals surface area contributed by atoms with Gasteiger partial charge in [0.1, 0.15) is 0 Å². The number of rotatable bonds is 1. The number of morpholine rings is 1. The Morgan fingerprint density at radius 2 is 1.95 bits per heavy atom. The van der Waals surface area contributed by atoms with E-state index in [1.165, 1.54) is 0 Å². The first-order valence-electron chi connectivity index (χ1n) is 7.18. The van der Waals surface area contributed by atoms with Crippen molar-refractivity contribution in [3.8, 4) is 0 Å². The summed E-state index contributed by atoms with van der Waals surface area (Å²) in [6.07, 6.45) is 1.81. The minimum absolute atomic E-state index is 0.0594. The summed E-state index contributed by atoms with van der Waals surface area (Å²) in [5.41, 5.74) is 6.98. The van der Waals surface area contributed by atoms with E-state index >= 15 is 0 Å². The molecule has 0 aromatic heterocycles. The molecule has 1 aromatic carbocycles. The Hall–Kier alpha value is -1.59. The third-order valence-electron chi connectivity index (χ3n) is 4.25. The number of nitrogens with zero attached hydrogens (tertiary/aromatic N) is 1. The van der Waals surface area contributed by atoms with Crippen LogP contribution in [0, 0.1) is 0 Å². The van der Waals surface area contributed by atoms with E-state index in [0.29, 0.717) is 11.3 Å². The largest absolute Gasteiger partial charge is 0.399 e. The van der Waals surface area contributed by atoms with Crippen LogP contribution in [-0.4, -0.2) is 49.2 Å². The van der Waals surface area contributed by atoms with Crippen molar-refractivity contribution >= 4 is 11.6 Å². The van der Waals surface area contributed by atoms with E-state index in [9.17, 15) is 4.79 Å². The first-order chi connectivity index (χ1) is 9.69. The molecule has 2 aliphatic heterocycles. The molecule has 3 rings (SSSR count). The predicted octanol–water partition coefficient (Wildman–Crippen LogP) is 0.863. The zero-order valence-corrected chi connectivity index (χ0v) is 11.6. The number of benzene rings is 1. The van der Waals surface area contributed by atoms with Crippen molar-refractivity contribution in [3.05, 3.63) is 29.8 Å². The lowest BCUT2D eigenvalue weighted by molar-refractivity contribution is -0.0954. The van der Waals surface area contributed by atoms with Gasteiger partial charge < -0.3 is 20.7 Å². The van der Waals surface area contributed by atoms with E-state index in [0.717, 1.165) is 45.6 Å². The molecule has 2 saturated heterocycles. The summed E-state index contributed by atoms with van der Waals surface area (Å²) in [6, 6.07) is 7.13. The van der Waals surface area contributed by atoms with Gasteiger partial charge in [0.2, 0.25) is 0 Å². The average Bonchev–Trinajstić information content (AvgIpc) is 2.49. The second-order valence-electron chi connectivity index (χ2n) is 5.62. The molecule has 3 N–H and O–H groups in total. The number of hydrogen-bond donors (Lipinski definition) is 2. The third kappa shape index (κ3) is 2.64. The van der Waals surface area contributed by atoms with E-state index in [2.05, 4.69) is 5.32 Å². The van der Waals surface area contributed by atoms with Crippen molar-refractivity contribution < 1.29 is 9.53 Å². The number of nitrogens with one attached hydrogen (secondary N) is 1. The van der Waals surface area contributed by atoms with Crippen molar-refractivity contribution in [1.29, 1.82) is 0 Å². The average molecular weight is 275 g/mol. The summed E-state index contributed by atoms with van der Waals surface area (Å²) in [5, 5.41) is 3.38. The molecule has 0 atom stereocenters.